The molecule has 0 aliphatic rings. The van der Waals surface area contributed by atoms with E-state index in [-0.39, 0.29) is 12.3 Å². The molecular formula is C12H14BrNO3S. The summed E-state index contributed by atoms with van der Waals surface area (Å²) in [5, 5.41) is 11.5. The van der Waals surface area contributed by atoms with E-state index in [9.17, 15) is 9.59 Å². The molecular weight excluding hydrogens is 318 g/mol. The van der Waals surface area contributed by atoms with Gasteiger partial charge in [0.2, 0.25) is 0 Å². The highest BCUT2D eigenvalue weighted by molar-refractivity contribution is 9.10. The Morgan fingerprint density at radius 2 is 2.17 bits per heavy atom. The molecule has 0 aromatic heterocycles. The standard InChI is InChI=1S/C12H14BrNO3S/c1-7-2-3-8(13)6-9(7)11(15)14-10(4-5-18)12(16)17/h2-3,6,10,18H,4-5H2,1H3,(H,14,15)(H,16,17). The smallest absolute Gasteiger partial charge is 0.326 e. The maximum absolute atomic E-state index is 12.0. The van der Waals surface area contributed by atoms with Crippen LogP contribution in [-0.4, -0.2) is 28.8 Å². The number of carbonyl (C=O) groups is 2. The van der Waals surface area contributed by atoms with Crippen molar-refractivity contribution in [3.8, 4) is 0 Å². The molecule has 0 heterocycles. The highest BCUT2D eigenvalue weighted by Gasteiger charge is 2.20. The van der Waals surface area contributed by atoms with E-state index in [0.717, 1.165) is 10.0 Å². The van der Waals surface area contributed by atoms with E-state index in [1.165, 1.54) is 0 Å². The van der Waals surface area contributed by atoms with Crippen molar-refractivity contribution >= 4 is 40.4 Å². The summed E-state index contributed by atoms with van der Waals surface area (Å²) in [6.07, 6.45) is 0.289. The normalized spacial score (nSPS) is 11.9. The molecule has 0 fully saturated rings. The van der Waals surface area contributed by atoms with Gasteiger partial charge >= 0.3 is 5.97 Å². The quantitative estimate of drug-likeness (QED) is 0.725. The van der Waals surface area contributed by atoms with Crippen LogP contribution in [0, 0.1) is 6.92 Å². The molecule has 2 N–H and O–H groups in total. The first-order valence-electron chi connectivity index (χ1n) is 5.36. The van der Waals surface area contributed by atoms with Gasteiger partial charge in [0.25, 0.3) is 5.91 Å². The zero-order valence-electron chi connectivity index (χ0n) is 9.81. The van der Waals surface area contributed by atoms with Crippen molar-refractivity contribution < 1.29 is 14.7 Å². The van der Waals surface area contributed by atoms with Crippen LogP contribution in [-0.2, 0) is 4.79 Å². The molecule has 0 aliphatic heterocycles. The molecule has 0 spiro atoms. The van der Waals surface area contributed by atoms with Gasteiger partial charge in [-0.25, -0.2) is 4.79 Å². The molecule has 18 heavy (non-hydrogen) atoms. The number of rotatable bonds is 5. The van der Waals surface area contributed by atoms with Crippen LogP contribution in [0.2, 0.25) is 0 Å². The number of aliphatic carboxylic acids is 1. The zero-order valence-corrected chi connectivity index (χ0v) is 12.3. The molecule has 98 valence electrons. The van der Waals surface area contributed by atoms with E-state index in [0.29, 0.717) is 11.3 Å². The van der Waals surface area contributed by atoms with Crippen LogP contribution in [0.15, 0.2) is 22.7 Å². The third-order valence-corrected chi connectivity index (χ3v) is 3.22. The topological polar surface area (TPSA) is 66.4 Å². The molecule has 0 saturated carbocycles. The van der Waals surface area contributed by atoms with Gasteiger partial charge in [-0.15, -0.1) is 0 Å². The van der Waals surface area contributed by atoms with E-state index < -0.39 is 12.0 Å². The van der Waals surface area contributed by atoms with Gasteiger partial charge in [-0.2, -0.15) is 12.6 Å². The predicted molar refractivity (Wildman–Crippen MR) is 76.2 cm³/mol. The van der Waals surface area contributed by atoms with Crippen LogP contribution in [0.3, 0.4) is 0 Å². The van der Waals surface area contributed by atoms with Gasteiger partial charge in [0, 0.05) is 10.0 Å². The van der Waals surface area contributed by atoms with Crippen LogP contribution in [0.5, 0.6) is 0 Å². The molecule has 1 aromatic rings. The van der Waals surface area contributed by atoms with Gasteiger partial charge in [-0.05, 0) is 36.8 Å². The van der Waals surface area contributed by atoms with Gasteiger partial charge < -0.3 is 10.4 Å². The molecule has 1 aromatic carbocycles. The third-order valence-electron chi connectivity index (χ3n) is 2.47. The Hall–Kier alpha value is -1.01. The lowest BCUT2D eigenvalue weighted by Gasteiger charge is -2.14. The Labute approximate surface area is 119 Å². The highest BCUT2D eigenvalue weighted by Crippen LogP contribution is 2.16. The minimum atomic E-state index is -1.05. The predicted octanol–water partition coefficient (Wildman–Crippen LogP) is 2.26. The molecule has 6 heteroatoms. The number of nitrogens with one attached hydrogen (secondary N) is 1. The number of carboxylic acids is 1. The van der Waals surface area contributed by atoms with E-state index in [1.807, 2.05) is 6.07 Å². The third kappa shape index (κ3) is 4.03. The second kappa shape index (κ2) is 6.80. The molecule has 0 aliphatic carbocycles. The van der Waals surface area contributed by atoms with Crippen molar-refractivity contribution in [3.63, 3.8) is 0 Å². The largest absolute Gasteiger partial charge is 0.480 e. The summed E-state index contributed by atoms with van der Waals surface area (Å²) >= 11 is 7.26. The Morgan fingerprint density at radius 1 is 1.50 bits per heavy atom. The van der Waals surface area contributed by atoms with E-state index in [1.54, 1.807) is 19.1 Å². The molecule has 0 radical (unpaired) electrons. The fourth-order valence-electron chi connectivity index (χ4n) is 1.46. The summed E-state index contributed by atoms with van der Waals surface area (Å²) in [6.45, 7) is 1.80. The minimum absolute atomic E-state index is 0.289. The zero-order chi connectivity index (χ0) is 13.7. The first-order chi connectivity index (χ1) is 8.45. The summed E-state index contributed by atoms with van der Waals surface area (Å²) in [5.74, 6) is -1.04. The molecule has 0 bridgehead atoms. The van der Waals surface area contributed by atoms with Gasteiger partial charge in [0.1, 0.15) is 6.04 Å². The Kier molecular flexibility index (Phi) is 5.68. The van der Waals surface area contributed by atoms with Crippen molar-refractivity contribution in [2.24, 2.45) is 0 Å². The molecule has 0 saturated heterocycles. The molecule has 1 amide bonds. The van der Waals surface area contributed by atoms with Crippen LogP contribution < -0.4 is 5.32 Å². The second-order valence-electron chi connectivity index (χ2n) is 3.84. The number of carboxylic acid groups (broad SMARTS) is 1. The summed E-state index contributed by atoms with van der Waals surface area (Å²) in [7, 11) is 0. The average molecular weight is 332 g/mol. The lowest BCUT2D eigenvalue weighted by atomic mass is 10.1. The number of hydrogen-bond donors (Lipinski definition) is 3. The first-order valence-corrected chi connectivity index (χ1v) is 6.79. The van der Waals surface area contributed by atoms with Crippen molar-refractivity contribution in [2.45, 2.75) is 19.4 Å². The monoisotopic (exact) mass is 331 g/mol. The fraction of sp³-hybridized carbons (Fsp3) is 0.333. The summed E-state index contributed by atoms with van der Waals surface area (Å²) < 4.78 is 0.777. The number of hydrogen-bond acceptors (Lipinski definition) is 3. The maximum Gasteiger partial charge on any atom is 0.326 e. The number of benzene rings is 1. The van der Waals surface area contributed by atoms with Crippen molar-refractivity contribution in [1.82, 2.24) is 5.32 Å². The Morgan fingerprint density at radius 3 is 2.72 bits per heavy atom. The van der Waals surface area contributed by atoms with E-state index in [2.05, 4.69) is 33.9 Å². The highest BCUT2D eigenvalue weighted by atomic mass is 79.9. The lowest BCUT2D eigenvalue weighted by Crippen LogP contribution is -2.41. The molecule has 1 unspecified atom stereocenters. The van der Waals surface area contributed by atoms with Gasteiger partial charge in [-0.1, -0.05) is 22.0 Å². The van der Waals surface area contributed by atoms with Crippen LogP contribution in [0.4, 0.5) is 0 Å². The Bertz CT molecular complexity index is 465. The molecule has 1 rings (SSSR count). The number of amides is 1. The van der Waals surface area contributed by atoms with Crippen LogP contribution >= 0.6 is 28.6 Å². The van der Waals surface area contributed by atoms with Gasteiger partial charge in [0.05, 0.1) is 0 Å². The van der Waals surface area contributed by atoms with Crippen LogP contribution in [0.1, 0.15) is 22.3 Å². The van der Waals surface area contributed by atoms with Crippen molar-refractivity contribution in [2.75, 3.05) is 5.75 Å². The lowest BCUT2D eigenvalue weighted by molar-refractivity contribution is -0.139. The van der Waals surface area contributed by atoms with Crippen LogP contribution in [0.25, 0.3) is 0 Å². The average Bonchev–Trinajstić information content (AvgIpc) is 2.31. The number of thiol groups is 1. The van der Waals surface area contributed by atoms with Gasteiger partial charge in [-0.3, -0.25) is 4.79 Å². The van der Waals surface area contributed by atoms with Crippen molar-refractivity contribution in [3.05, 3.63) is 33.8 Å². The molecule has 1 atom stereocenters. The minimum Gasteiger partial charge on any atom is -0.480 e. The van der Waals surface area contributed by atoms with E-state index >= 15 is 0 Å². The number of halogens is 1. The first kappa shape index (κ1) is 15.0. The number of aryl methyl sites for hydroxylation is 1. The summed E-state index contributed by atoms with van der Waals surface area (Å²) in [5.41, 5.74) is 1.26. The summed E-state index contributed by atoms with van der Waals surface area (Å²) in [4.78, 5) is 22.9. The fourth-order valence-corrected chi connectivity index (χ4v) is 2.08. The number of carbonyl (C=O) groups excluding carboxylic acids is 1. The van der Waals surface area contributed by atoms with E-state index in [4.69, 9.17) is 5.11 Å². The van der Waals surface area contributed by atoms with Crippen molar-refractivity contribution in [1.29, 1.82) is 0 Å². The van der Waals surface area contributed by atoms with Gasteiger partial charge in [0.15, 0.2) is 0 Å². The second-order valence-corrected chi connectivity index (χ2v) is 5.20. The summed E-state index contributed by atoms with van der Waals surface area (Å²) in [6, 6.07) is 4.39. The SMILES string of the molecule is Cc1ccc(Br)cc1C(=O)NC(CCS)C(=O)O. The molecule has 4 nitrogen and oxygen atoms in total. The Balaban J connectivity index is 2.86. The maximum atomic E-state index is 12.0.